The van der Waals surface area contributed by atoms with Crippen LogP contribution in [0, 0.1) is 11.3 Å². The summed E-state index contributed by atoms with van der Waals surface area (Å²) in [6.45, 7) is 3.56. The molecule has 1 aromatic heterocycles. The summed E-state index contributed by atoms with van der Waals surface area (Å²) >= 11 is 0. The van der Waals surface area contributed by atoms with E-state index in [1.807, 2.05) is 29.2 Å². The summed E-state index contributed by atoms with van der Waals surface area (Å²) in [4.78, 5) is 5.11. The lowest BCUT2D eigenvalue weighted by atomic mass is 10.2. The lowest BCUT2D eigenvalue weighted by Gasteiger charge is -2.34. The Balaban J connectivity index is 1.53. The maximum Gasteiger partial charge on any atom is 0.418 e. The predicted octanol–water partition coefficient (Wildman–Crippen LogP) is 3.48. The second-order valence-electron chi connectivity index (χ2n) is 7.04. The van der Waals surface area contributed by atoms with Crippen LogP contribution < -0.4 is 4.90 Å². The van der Waals surface area contributed by atoms with Crippen LogP contribution in [0.2, 0.25) is 0 Å². The van der Waals surface area contributed by atoms with Gasteiger partial charge in [0.05, 0.1) is 11.3 Å². The minimum Gasteiger partial charge on any atom is -0.350 e. The van der Waals surface area contributed by atoms with Gasteiger partial charge in [-0.3, -0.25) is 4.90 Å². The zero-order valence-electron chi connectivity index (χ0n) is 16.0. The third-order valence-electron chi connectivity index (χ3n) is 5.05. The third-order valence-corrected chi connectivity index (χ3v) is 5.05. The largest absolute Gasteiger partial charge is 0.418 e. The molecule has 0 unspecified atom stereocenters. The van der Waals surface area contributed by atoms with E-state index in [1.54, 1.807) is 0 Å². The minimum absolute atomic E-state index is 0.0171. The van der Waals surface area contributed by atoms with Crippen molar-refractivity contribution in [3.63, 3.8) is 0 Å². The Labute approximate surface area is 171 Å². The highest BCUT2D eigenvalue weighted by atomic mass is 19.4. The first-order chi connectivity index (χ1) is 14.5. The molecule has 9 heteroatoms. The summed E-state index contributed by atoms with van der Waals surface area (Å²) in [7, 11) is 0. The number of alkyl halides is 3. The summed E-state index contributed by atoms with van der Waals surface area (Å²) < 4.78 is 40.1. The van der Waals surface area contributed by atoms with E-state index in [0.29, 0.717) is 18.9 Å². The van der Waals surface area contributed by atoms with Crippen molar-refractivity contribution in [3.05, 3.63) is 71.4 Å². The molecule has 2 aromatic carbocycles. The minimum atomic E-state index is -4.54. The molecule has 0 radical (unpaired) electrons. The number of halogens is 3. The van der Waals surface area contributed by atoms with Gasteiger partial charge < -0.3 is 4.90 Å². The standard InChI is InChI=1S/C21H19F3N6/c22-21(23,24)17-8-4-5-9-19(17)30-26-18(14-25)20(27-30)29-12-10-28(11-13-29)15-16-6-2-1-3-7-16/h1-9H,10-13,15H2. The van der Waals surface area contributed by atoms with Crippen molar-refractivity contribution in [3.8, 4) is 11.8 Å². The van der Waals surface area contributed by atoms with Gasteiger partial charge in [-0.1, -0.05) is 42.5 Å². The number of nitriles is 1. The highest BCUT2D eigenvalue weighted by Crippen LogP contribution is 2.33. The quantitative estimate of drug-likeness (QED) is 0.657. The van der Waals surface area contributed by atoms with Crippen LogP contribution in [-0.2, 0) is 12.7 Å². The molecule has 0 saturated carbocycles. The smallest absolute Gasteiger partial charge is 0.350 e. The van der Waals surface area contributed by atoms with Crippen LogP contribution >= 0.6 is 0 Å². The maximum absolute atomic E-state index is 13.4. The number of rotatable bonds is 4. The molecule has 2 heterocycles. The Kier molecular flexibility index (Phi) is 5.42. The molecule has 0 bridgehead atoms. The molecule has 154 valence electrons. The molecule has 1 fully saturated rings. The maximum atomic E-state index is 13.4. The fraction of sp³-hybridized carbons (Fsp3) is 0.286. The van der Waals surface area contributed by atoms with Crippen molar-refractivity contribution < 1.29 is 13.2 Å². The molecule has 0 aliphatic carbocycles. The summed E-state index contributed by atoms with van der Waals surface area (Å²) in [6.07, 6.45) is -4.54. The predicted molar refractivity (Wildman–Crippen MR) is 105 cm³/mol. The first kappa shape index (κ1) is 19.9. The Morgan fingerprint density at radius 3 is 2.23 bits per heavy atom. The zero-order valence-corrected chi connectivity index (χ0v) is 16.0. The molecule has 6 nitrogen and oxygen atoms in total. The lowest BCUT2D eigenvalue weighted by molar-refractivity contribution is -0.137. The van der Waals surface area contributed by atoms with E-state index in [1.165, 1.54) is 23.8 Å². The van der Waals surface area contributed by atoms with E-state index in [2.05, 4.69) is 27.2 Å². The fourth-order valence-electron chi connectivity index (χ4n) is 3.54. The second-order valence-corrected chi connectivity index (χ2v) is 7.04. The summed E-state index contributed by atoms with van der Waals surface area (Å²) in [5, 5.41) is 17.7. The number of para-hydroxylation sites is 1. The van der Waals surface area contributed by atoms with E-state index < -0.39 is 11.7 Å². The molecular formula is C21H19F3N6. The summed E-state index contributed by atoms with van der Waals surface area (Å²) in [5.41, 5.74) is 0.195. The van der Waals surface area contributed by atoms with Gasteiger partial charge in [0.25, 0.3) is 0 Å². The normalized spacial score (nSPS) is 15.2. The van der Waals surface area contributed by atoms with Crippen LogP contribution in [0.15, 0.2) is 54.6 Å². The number of hydrogen-bond donors (Lipinski definition) is 0. The Hall–Kier alpha value is -3.38. The Morgan fingerprint density at radius 2 is 1.57 bits per heavy atom. The van der Waals surface area contributed by atoms with Crippen molar-refractivity contribution in [1.29, 1.82) is 5.26 Å². The van der Waals surface area contributed by atoms with Crippen molar-refractivity contribution in [2.45, 2.75) is 12.7 Å². The number of hydrogen-bond acceptors (Lipinski definition) is 5. The van der Waals surface area contributed by atoms with Crippen LogP contribution in [-0.4, -0.2) is 46.1 Å². The highest BCUT2D eigenvalue weighted by molar-refractivity contribution is 5.51. The van der Waals surface area contributed by atoms with E-state index in [-0.39, 0.29) is 11.4 Å². The molecule has 3 aromatic rings. The van der Waals surface area contributed by atoms with E-state index in [9.17, 15) is 18.4 Å². The van der Waals surface area contributed by atoms with Crippen molar-refractivity contribution >= 4 is 5.82 Å². The van der Waals surface area contributed by atoms with Crippen molar-refractivity contribution in [1.82, 2.24) is 19.9 Å². The van der Waals surface area contributed by atoms with Gasteiger partial charge in [-0.15, -0.1) is 15.0 Å². The van der Waals surface area contributed by atoms with E-state index in [4.69, 9.17) is 0 Å². The van der Waals surface area contributed by atoms with Gasteiger partial charge in [0.1, 0.15) is 6.07 Å². The van der Waals surface area contributed by atoms with E-state index in [0.717, 1.165) is 30.5 Å². The van der Waals surface area contributed by atoms with Crippen molar-refractivity contribution in [2.24, 2.45) is 0 Å². The monoisotopic (exact) mass is 412 g/mol. The van der Waals surface area contributed by atoms with Crippen LogP contribution in [0.25, 0.3) is 5.69 Å². The summed E-state index contributed by atoms with van der Waals surface area (Å²) in [5.74, 6) is 0.314. The molecule has 0 atom stereocenters. The van der Waals surface area contributed by atoms with Gasteiger partial charge in [-0.05, 0) is 17.7 Å². The van der Waals surface area contributed by atoms with Crippen LogP contribution in [0.3, 0.4) is 0 Å². The molecule has 0 N–H and O–H groups in total. The van der Waals surface area contributed by atoms with Gasteiger partial charge in [-0.25, -0.2) is 0 Å². The molecule has 4 rings (SSSR count). The van der Waals surface area contributed by atoms with Gasteiger partial charge >= 0.3 is 6.18 Å². The first-order valence-electron chi connectivity index (χ1n) is 9.51. The molecule has 1 saturated heterocycles. The number of piperazine rings is 1. The molecule has 0 spiro atoms. The average Bonchev–Trinajstić information content (AvgIpc) is 3.19. The van der Waals surface area contributed by atoms with Gasteiger partial charge in [0.15, 0.2) is 5.82 Å². The number of aromatic nitrogens is 3. The van der Waals surface area contributed by atoms with Crippen LogP contribution in [0.5, 0.6) is 0 Å². The molecule has 1 aliphatic rings. The second kappa shape index (κ2) is 8.16. The van der Waals surface area contributed by atoms with Crippen LogP contribution in [0.1, 0.15) is 16.8 Å². The molecule has 0 amide bonds. The van der Waals surface area contributed by atoms with Gasteiger partial charge in [0, 0.05) is 32.7 Å². The zero-order chi connectivity index (χ0) is 21.1. The Morgan fingerprint density at radius 1 is 0.900 bits per heavy atom. The molecule has 1 aliphatic heterocycles. The SMILES string of the molecule is N#Cc1nn(-c2ccccc2C(F)(F)F)nc1N1CCN(Cc2ccccc2)CC1. The fourth-order valence-corrected chi connectivity index (χ4v) is 3.54. The van der Waals surface area contributed by atoms with Gasteiger partial charge in [-0.2, -0.15) is 18.4 Å². The molecular weight excluding hydrogens is 393 g/mol. The lowest BCUT2D eigenvalue weighted by Crippen LogP contribution is -2.46. The Bertz CT molecular complexity index is 1050. The number of nitrogens with zero attached hydrogens (tertiary/aromatic N) is 6. The number of anilines is 1. The average molecular weight is 412 g/mol. The first-order valence-corrected chi connectivity index (χ1v) is 9.51. The van der Waals surface area contributed by atoms with Crippen molar-refractivity contribution in [2.75, 3.05) is 31.1 Å². The highest BCUT2D eigenvalue weighted by Gasteiger charge is 2.35. The third kappa shape index (κ3) is 4.14. The van der Waals surface area contributed by atoms with E-state index >= 15 is 0 Å². The molecule has 30 heavy (non-hydrogen) atoms. The summed E-state index contributed by atoms with van der Waals surface area (Å²) in [6, 6.07) is 17.2. The number of benzene rings is 2. The topological polar surface area (TPSA) is 61.0 Å². The van der Waals surface area contributed by atoms with Gasteiger partial charge in [0.2, 0.25) is 5.69 Å². The van der Waals surface area contributed by atoms with Crippen LogP contribution in [0.4, 0.5) is 19.0 Å².